The number of hydrogen-bond acceptors (Lipinski definition) is 7. The molecule has 0 radical (unpaired) electrons. The van der Waals surface area contributed by atoms with E-state index in [1.54, 1.807) is 44.2 Å². The van der Waals surface area contributed by atoms with E-state index < -0.39 is 63.9 Å². The molecule has 1 aromatic rings. The SMILES string of the molecule is CCCN1CCN(C(=O)N[C@@H](C(=O)N[C@@H]2C(=O)N3[C@@H]2SC(C)(C)[C@@H]3C(=O)O)c2ccccc2)C(=O)C1=O. The van der Waals surface area contributed by atoms with Crippen LogP contribution in [0, 0.1) is 0 Å². The van der Waals surface area contributed by atoms with Crippen molar-refractivity contribution in [2.75, 3.05) is 19.6 Å². The van der Waals surface area contributed by atoms with Crippen LogP contribution in [0.25, 0.3) is 0 Å². The summed E-state index contributed by atoms with van der Waals surface area (Å²) in [6, 6.07) is 4.13. The van der Waals surface area contributed by atoms with Crippen molar-refractivity contribution in [3.63, 3.8) is 0 Å². The molecule has 3 fully saturated rings. The third-order valence-corrected chi connectivity index (χ3v) is 8.25. The number of hydrogen-bond donors (Lipinski definition) is 3. The maximum Gasteiger partial charge on any atom is 0.327 e. The Morgan fingerprint density at radius 3 is 2.41 bits per heavy atom. The largest absolute Gasteiger partial charge is 0.480 e. The van der Waals surface area contributed by atoms with E-state index in [2.05, 4.69) is 10.6 Å². The number of benzene rings is 1. The van der Waals surface area contributed by atoms with E-state index >= 15 is 0 Å². The van der Waals surface area contributed by atoms with Crippen molar-refractivity contribution < 1.29 is 33.9 Å². The Labute approximate surface area is 217 Å². The van der Waals surface area contributed by atoms with Crippen LogP contribution in [0.15, 0.2) is 30.3 Å². The van der Waals surface area contributed by atoms with Crippen LogP contribution in [-0.4, -0.2) is 97.3 Å². The molecule has 0 unspecified atom stereocenters. The van der Waals surface area contributed by atoms with Crippen LogP contribution in [0.4, 0.5) is 4.79 Å². The number of carboxylic acid groups (broad SMARTS) is 1. The quantitative estimate of drug-likeness (QED) is 0.332. The number of urea groups is 1. The molecule has 0 aliphatic carbocycles. The average molecular weight is 532 g/mol. The lowest BCUT2D eigenvalue weighted by Gasteiger charge is -2.44. The number of rotatable bonds is 7. The molecule has 3 aliphatic rings. The molecule has 198 valence electrons. The zero-order valence-corrected chi connectivity index (χ0v) is 21.5. The summed E-state index contributed by atoms with van der Waals surface area (Å²) in [7, 11) is 0. The van der Waals surface area contributed by atoms with Gasteiger partial charge in [-0.25, -0.2) is 9.59 Å². The van der Waals surface area contributed by atoms with E-state index in [4.69, 9.17) is 0 Å². The highest BCUT2D eigenvalue weighted by Crippen LogP contribution is 2.50. The van der Waals surface area contributed by atoms with Crippen LogP contribution in [0.1, 0.15) is 38.8 Å². The Balaban J connectivity index is 1.50. The molecule has 6 amide bonds. The fourth-order valence-electron chi connectivity index (χ4n) is 4.88. The minimum absolute atomic E-state index is 0.0139. The number of aliphatic carboxylic acids is 1. The molecular formula is C24H29N5O7S. The van der Waals surface area contributed by atoms with Gasteiger partial charge in [-0.1, -0.05) is 37.3 Å². The van der Waals surface area contributed by atoms with Crippen molar-refractivity contribution in [2.24, 2.45) is 0 Å². The standard InChI is InChI=1S/C24H29N5O7S/c1-4-10-27-11-12-28(20(33)19(27)32)23(36)26-14(13-8-6-5-7-9-13)17(30)25-15-18(31)29-16(22(34)35)24(2,3)37-21(15)29/h5-9,14-16,21H,4,10-12H2,1-3H3,(H,25,30)(H,26,36)(H,34,35)/t14-,15-,16+,21-/m1/s1. The highest BCUT2D eigenvalue weighted by Gasteiger charge is 2.64. The van der Waals surface area contributed by atoms with Gasteiger partial charge in [0, 0.05) is 24.4 Å². The molecule has 0 spiro atoms. The zero-order valence-electron chi connectivity index (χ0n) is 20.7. The van der Waals surface area contributed by atoms with Gasteiger partial charge in [0.15, 0.2) is 0 Å². The van der Waals surface area contributed by atoms with E-state index in [0.29, 0.717) is 18.5 Å². The second-order valence-electron chi connectivity index (χ2n) is 9.63. The number of amides is 6. The second kappa shape index (κ2) is 10.0. The van der Waals surface area contributed by atoms with Crippen molar-refractivity contribution in [3.8, 4) is 0 Å². The van der Waals surface area contributed by atoms with E-state index in [1.165, 1.54) is 21.6 Å². The smallest absolute Gasteiger partial charge is 0.327 e. The molecule has 3 saturated heterocycles. The van der Waals surface area contributed by atoms with Gasteiger partial charge in [0.1, 0.15) is 23.5 Å². The van der Waals surface area contributed by atoms with Gasteiger partial charge in [0.2, 0.25) is 11.8 Å². The number of carbonyl (C=O) groups is 6. The van der Waals surface area contributed by atoms with Crippen molar-refractivity contribution in [3.05, 3.63) is 35.9 Å². The Kier molecular flexibility index (Phi) is 7.18. The number of carbonyl (C=O) groups excluding carboxylic acids is 5. The predicted octanol–water partition coefficient (Wildman–Crippen LogP) is 0.150. The highest BCUT2D eigenvalue weighted by molar-refractivity contribution is 8.01. The lowest BCUT2D eigenvalue weighted by atomic mass is 9.95. The molecule has 0 saturated carbocycles. The first kappa shape index (κ1) is 26.5. The Bertz CT molecular complexity index is 1140. The second-order valence-corrected chi connectivity index (χ2v) is 11.4. The summed E-state index contributed by atoms with van der Waals surface area (Å²) in [5, 5.41) is 14.2. The topological polar surface area (TPSA) is 156 Å². The minimum Gasteiger partial charge on any atom is -0.480 e. The summed E-state index contributed by atoms with van der Waals surface area (Å²) in [5.74, 6) is -4.09. The van der Waals surface area contributed by atoms with Crippen molar-refractivity contribution in [1.82, 2.24) is 25.3 Å². The highest BCUT2D eigenvalue weighted by atomic mass is 32.2. The fraction of sp³-hybridized carbons (Fsp3) is 0.500. The van der Waals surface area contributed by atoms with Crippen LogP contribution in [0.5, 0.6) is 0 Å². The molecule has 3 aliphatic heterocycles. The van der Waals surface area contributed by atoms with Crippen LogP contribution in [0.2, 0.25) is 0 Å². The number of thioether (sulfide) groups is 1. The van der Waals surface area contributed by atoms with Gasteiger partial charge in [-0.05, 0) is 25.8 Å². The lowest BCUT2D eigenvalue weighted by Crippen LogP contribution is -2.71. The van der Waals surface area contributed by atoms with E-state index in [1.807, 2.05) is 6.92 Å². The maximum atomic E-state index is 13.4. The van der Waals surface area contributed by atoms with Crippen molar-refractivity contribution in [2.45, 2.75) is 55.4 Å². The number of fused-ring (bicyclic) bond motifs is 1. The van der Waals surface area contributed by atoms with Crippen LogP contribution in [0.3, 0.4) is 0 Å². The third-order valence-electron chi connectivity index (χ3n) is 6.68. The molecular weight excluding hydrogens is 502 g/mol. The first-order valence-corrected chi connectivity index (χ1v) is 12.8. The van der Waals surface area contributed by atoms with Crippen LogP contribution >= 0.6 is 11.8 Å². The summed E-state index contributed by atoms with van der Waals surface area (Å²) in [5.41, 5.74) is 0.406. The van der Waals surface area contributed by atoms with Crippen molar-refractivity contribution in [1.29, 1.82) is 0 Å². The first-order valence-electron chi connectivity index (χ1n) is 12.0. The number of nitrogens with one attached hydrogen (secondary N) is 2. The van der Waals surface area contributed by atoms with Crippen LogP contribution in [-0.2, 0) is 24.0 Å². The maximum absolute atomic E-state index is 13.4. The monoisotopic (exact) mass is 531 g/mol. The number of nitrogens with zero attached hydrogens (tertiary/aromatic N) is 3. The van der Waals surface area contributed by atoms with Gasteiger partial charge >= 0.3 is 23.8 Å². The fourth-order valence-corrected chi connectivity index (χ4v) is 6.51. The van der Waals surface area contributed by atoms with Gasteiger partial charge < -0.3 is 25.5 Å². The molecule has 3 N–H and O–H groups in total. The van der Waals surface area contributed by atoms with Crippen molar-refractivity contribution >= 4 is 47.4 Å². The Morgan fingerprint density at radius 2 is 1.78 bits per heavy atom. The third kappa shape index (κ3) is 4.75. The Morgan fingerprint density at radius 1 is 1.11 bits per heavy atom. The summed E-state index contributed by atoms with van der Waals surface area (Å²) in [6.07, 6.45) is 0.669. The molecule has 3 heterocycles. The van der Waals surface area contributed by atoms with Crippen LogP contribution < -0.4 is 10.6 Å². The average Bonchev–Trinajstić information content (AvgIpc) is 3.12. The molecule has 0 bridgehead atoms. The first-order chi connectivity index (χ1) is 17.5. The lowest BCUT2D eigenvalue weighted by molar-refractivity contribution is -0.161. The zero-order chi connectivity index (χ0) is 27.1. The van der Waals surface area contributed by atoms with E-state index in [0.717, 1.165) is 4.90 Å². The van der Waals surface area contributed by atoms with Gasteiger partial charge in [-0.2, -0.15) is 0 Å². The van der Waals surface area contributed by atoms with E-state index in [9.17, 15) is 33.9 Å². The molecule has 13 heteroatoms. The van der Waals surface area contributed by atoms with Gasteiger partial charge in [0.05, 0.1) is 0 Å². The molecule has 37 heavy (non-hydrogen) atoms. The molecule has 4 rings (SSSR count). The summed E-state index contributed by atoms with van der Waals surface area (Å²) >= 11 is 1.28. The van der Waals surface area contributed by atoms with E-state index in [-0.39, 0.29) is 13.1 Å². The summed E-state index contributed by atoms with van der Waals surface area (Å²) < 4.78 is -0.758. The summed E-state index contributed by atoms with van der Waals surface area (Å²) in [4.78, 5) is 79.3. The minimum atomic E-state index is -1.26. The Hall–Kier alpha value is -3.61. The molecule has 1 aromatic carbocycles. The van der Waals surface area contributed by atoms with Gasteiger partial charge in [-0.3, -0.25) is 24.1 Å². The number of imide groups is 1. The molecule has 4 atom stereocenters. The van der Waals surface area contributed by atoms with Gasteiger partial charge in [-0.15, -0.1) is 11.8 Å². The molecule has 0 aromatic heterocycles. The number of piperazine rings is 1. The van der Waals surface area contributed by atoms with Gasteiger partial charge in [0.25, 0.3) is 0 Å². The summed E-state index contributed by atoms with van der Waals surface area (Å²) in [6.45, 7) is 5.91. The normalized spacial score (nSPS) is 25.3. The molecule has 12 nitrogen and oxygen atoms in total. The predicted molar refractivity (Wildman–Crippen MR) is 132 cm³/mol. The number of β-lactam (4-membered cyclic amide) rings is 1. The number of carboxylic acids is 1.